The Labute approximate surface area is 333 Å². The summed E-state index contributed by atoms with van der Waals surface area (Å²) >= 11 is 0. The maximum atomic E-state index is 2.43. The maximum Gasteiger partial charge on any atom is -0.0234 e. The molecule has 0 aliphatic rings. The highest BCUT2D eigenvalue weighted by atomic mass is 31.1. The molecule has 0 aromatic heterocycles. The maximum absolute atomic E-state index is 2.43. The first-order valence-electron chi connectivity index (χ1n) is 25.0. The summed E-state index contributed by atoms with van der Waals surface area (Å²) in [6.45, 7) is 9.49. The van der Waals surface area contributed by atoms with E-state index in [9.17, 15) is 0 Å². The summed E-state index contributed by atoms with van der Waals surface area (Å²) in [5.41, 5.74) is 2.08. The predicted octanol–water partition coefficient (Wildman–Crippen LogP) is 19.8. The molecule has 0 heterocycles. The van der Waals surface area contributed by atoms with Crippen molar-refractivity contribution in [1.82, 2.24) is 0 Å². The molecule has 0 rings (SSSR count). The molecular formula is C50H104FP. The first-order chi connectivity index (χ1) is 25.3. The quantitative estimate of drug-likeness (QED) is 0.0429. The zero-order valence-corrected chi connectivity index (χ0v) is 38.2. The Morgan fingerprint density at radius 2 is 0.385 bits per heavy atom. The van der Waals surface area contributed by atoms with Gasteiger partial charge >= 0.3 is 0 Å². The highest BCUT2D eigenvalue weighted by molar-refractivity contribution is 7.39. The molecule has 0 aromatic rings. The van der Waals surface area contributed by atoms with E-state index in [0.717, 1.165) is 11.3 Å². The van der Waals surface area contributed by atoms with E-state index in [2.05, 4.69) is 27.7 Å². The zero-order chi connectivity index (χ0) is 37.0. The van der Waals surface area contributed by atoms with Crippen molar-refractivity contribution < 1.29 is 4.70 Å². The van der Waals surface area contributed by atoms with Gasteiger partial charge in [0.2, 0.25) is 0 Å². The molecule has 0 aliphatic heterocycles. The van der Waals surface area contributed by atoms with Crippen LogP contribution in [0.4, 0.5) is 4.70 Å². The SMILES string of the molecule is CCCCCCCCCCCCCCCCCCCCCC(CCC)PC(CCC)CCCCCCCCCCCCCCCCCCCCC.F. The molecule has 2 atom stereocenters. The van der Waals surface area contributed by atoms with Crippen LogP contribution in [0.1, 0.15) is 310 Å². The van der Waals surface area contributed by atoms with E-state index < -0.39 is 0 Å². The molecule has 0 amide bonds. The normalized spacial score (nSPS) is 12.9. The lowest BCUT2D eigenvalue weighted by atomic mass is 10.0. The molecule has 0 aromatic carbocycles. The Bertz CT molecular complexity index is 543. The van der Waals surface area contributed by atoms with E-state index in [4.69, 9.17) is 0 Å². The lowest BCUT2D eigenvalue weighted by Gasteiger charge is -2.24. The van der Waals surface area contributed by atoms with E-state index in [-0.39, 0.29) is 4.70 Å². The van der Waals surface area contributed by atoms with Crippen molar-refractivity contribution >= 4 is 8.58 Å². The Hall–Kier alpha value is 0.360. The van der Waals surface area contributed by atoms with Crippen LogP contribution in [-0.4, -0.2) is 11.3 Å². The van der Waals surface area contributed by atoms with Crippen molar-refractivity contribution in [1.29, 1.82) is 0 Å². The lowest BCUT2D eigenvalue weighted by molar-refractivity contribution is 0.517. The number of halogens is 1. The fourth-order valence-electron chi connectivity index (χ4n) is 8.59. The molecule has 0 fully saturated rings. The van der Waals surface area contributed by atoms with Gasteiger partial charge in [-0.2, -0.15) is 0 Å². The molecule has 0 bridgehead atoms. The Kier molecular flexibility index (Phi) is 51.7. The summed E-state index contributed by atoms with van der Waals surface area (Å²) in [6.07, 6.45) is 65.2. The van der Waals surface area contributed by atoms with Gasteiger partial charge in [0.1, 0.15) is 0 Å². The highest BCUT2D eigenvalue weighted by Gasteiger charge is 2.15. The van der Waals surface area contributed by atoms with Gasteiger partial charge in [-0.15, -0.1) is 8.58 Å². The molecule has 316 valence electrons. The highest BCUT2D eigenvalue weighted by Crippen LogP contribution is 2.37. The summed E-state index contributed by atoms with van der Waals surface area (Å²) < 4.78 is 0. The third-order valence-electron chi connectivity index (χ3n) is 12.1. The van der Waals surface area contributed by atoms with E-state index >= 15 is 0 Å². The average Bonchev–Trinajstić information content (AvgIpc) is 3.13. The van der Waals surface area contributed by atoms with Gasteiger partial charge in [-0.1, -0.05) is 285 Å². The summed E-state index contributed by atoms with van der Waals surface area (Å²) in [5, 5.41) is 0. The molecule has 0 aliphatic carbocycles. The fourth-order valence-corrected chi connectivity index (χ4v) is 10.9. The van der Waals surface area contributed by atoms with Crippen LogP contribution in [0.2, 0.25) is 0 Å². The van der Waals surface area contributed by atoms with Gasteiger partial charge in [-0.05, 0) is 37.0 Å². The summed E-state index contributed by atoms with van der Waals surface area (Å²) in [5.74, 6) is 0. The molecule has 52 heavy (non-hydrogen) atoms. The number of hydrogen-bond donors (Lipinski definition) is 0. The van der Waals surface area contributed by atoms with Crippen molar-refractivity contribution in [3.8, 4) is 0 Å². The van der Waals surface area contributed by atoms with E-state index in [1.807, 2.05) is 0 Å². The smallest absolute Gasteiger partial charge is 0.0234 e. The summed E-state index contributed by atoms with van der Waals surface area (Å²) in [7, 11) is 1.25. The Morgan fingerprint density at radius 1 is 0.212 bits per heavy atom. The molecule has 0 nitrogen and oxygen atoms in total. The number of unbranched alkanes of at least 4 members (excludes halogenated alkanes) is 36. The van der Waals surface area contributed by atoms with E-state index in [0.29, 0.717) is 0 Å². The van der Waals surface area contributed by atoms with Crippen LogP contribution in [-0.2, 0) is 0 Å². The van der Waals surface area contributed by atoms with Crippen LogP contribution in [0.25, 0.3) is 0 Å². The van der Waals surface area contributed by atoms with Gasteiger partial charge in [0.05, 0.1) is 0 Å². The van der Waals surface area contributed by atoms with Gasteiger partial charge in [-0.25, -0.2) is 0 Å². The minimum atomic E-state index is 0. The van der Waals surface area contributed by atoms with Crippen molar-refractivity contribution in [3.05, 3.63) is 0 Å². The van der Waals surface area contributed by atoms with Crippen molar-refractivity contribution in [2.45, 2.75) is 322 Å². The topological polar surface area (TPSA) is 0 Å². The first kappa shape index (κ1) is 54.5. The minimum absolute atomic E-state index is 0. The predicted molar refractivity (Wildman–Crippen MR) is 244 cm³/mol. The Balaban J connectivity index is 0. The molecule has 0 saturated carbocycles. The molecule has 0 radical (unpaired) electrons. The number of rotatable bonds is 46. The standard InChI is InChI=1S/C50H103P.FH/c1-5-9-11-13-15-17-19-21-23-25-27-29-31-33-35-37-39-41-43-47-49(45-7-3)51-50(46-8-4)48-44-42-40-38-36-34-32-30-28-26-24-22-20-18-16-14-12-10-6-2;/h49-51H,5-48H2,1-4H3;1H. The first-order valence-corrected chi connectivity index (χ1v) is 26.2. The molecule has 0 N–H and O–H groups in total. The largest absolute Gasteiger partial charge is 0.269 e. The van der Waals surface area contributed by atoms with Gasteiger partial charge < -0.3 is 0 Å². The van der Waals surface area contributed by atoms with Crippen LogP contribution in [0, 0.1) is 0 Å². The fraction of sp³-hybridized carbons (Fsp3) is 1.00. The molecule has 2 heteroatoms. The second kappa shape index (κ2) is 49.4. The number of hydrogen-bond acceptors (Lipinski definition) is 0. The average molecular weight is 755 g/mol. The van der Waals surface area contributed by atoms with Crippen molar-refractivity contribution in [3.63, 3.8) is 0 Å². The molecule has 0 spiro atoms. The van der Waals surface area contributed by atoms with Crippen LogP contribution in [0.5, 0.6) is 0 Å². The summed E-state index contributed by atoms with van der Waals surface area (Å²) in [4.78, 5) is 0. The van der Waals surface area contributed by atoms with Gasteiger partial charge in [0, 0.05) is 0 Å². The second-order valence-electron chi connectivity index (χ2n) is 17.4. The monoisotopic (exact) mass is 755 g/mol. The van der Waals surface area contributed by atoms with E-state index in [1.54, 1.807) is 0 Å². The third-order valence-corrected chi connectivity index (χ3v) is 14.2. The van der Waals surface area contributed by atoms with Crippen molar-refractivity contribution in [2.75, 3.05) is 0 Å². The van der Waals surface area contributed by atoms with Crippen LogP contribution < -0.4 is 0 Å². The summed E-state index contributed by atoms with van der Waals surface area (Å²) in [6, 6.07) is 0. The van der Waals surface area contributed by atoms with Crippen LogP contribution in [0.3, 0.4) is 0 Å². The van der Waals surface area contributed by atoms with E-state index in [1.165, 1.54) is 291 Å². The molecule has 0 saturated heterocycles. The third kappa shape index (κ3) is 44.8. The molecule has 2 unspecified atom stereocenters. The van der Waals surface area contributed by atoms with Crippen LogP contribution in [0.15, 0.2) is 0 Å². The minimum Gasteiger partial charge on any atom is -0.269 e. The lowest BCUT2D eigenvalue weighted by Crippen LogP contribution is -2.09. The van der Waals surface area contributed by atoms with Crippen molar-refractivity contribution in [2.24, 2.45) is 0 Å². The zero-order valence-electron chi connectivity index (χ0n) is 37.2. The molecular weight excluding hydrogens is 651 g/mol. The van der Waals surface area contributed by atoms with Gasteiger partial charge in [-0.3, -0.25) is 4.70 Å². The van der Waals surface area contributed by atoms with Gasteiger partial charge in [0.25, 0.3) is 0 Å². The van der Waals surface area contributed by atoms with Gasteiger partial charge in [0.15, 0.2) is 0 Å². The second-order valence-corrected chi connectivity index (χ2v) is 19.4. The van der Waals surface area contributed by atoms with Crippen LogP contribution >= 0.6 is 8.58 Å². The Morgan fingerprint density at radius 3 is 0.558 bits per heavy atom.